The highest BCUT2D eigenvalue weighted by Crippen LogP contribution is 2.56. The topological polar surface area (TPSA) is 30.7 Å². The fourth-order valence-corrected chi connectivity index (χ4v) is 8.01. The third-order valence-electron chi connectivity index (χ3n) is 8.23. The molecule has 0 aliphatic heterocycles. The summed E-state index contributed by atoms with van der Waals surface area (Å²) in [4.78, 5) is 10.9. The van der Waals surface area contributed by atoms with Crippen LogP contribution in [0.25, 0.3) is 70.4 Å². The minimum atomic E-state index is -0.579. The summed E-state index contributed by atoms with van der Waals surface area (Å²) in [7, 11) is 0. The van der Waals surface area contributed by atoms with E-state index in [-0.39, 0.29) is 33.5 Å². The Hall–Kier alpha value is -4.80. The second kappa shape index (κ2) is 8.12. The highest BCUT2D eigenvalue weighted by atomic mass is 32.1. The summed E-state index contributed by atoms with van der Waals surface area (Å²) < 4.78 is 80.0. The van der Waals surface area contributed by atoms with Gasteiger partial charge in [0.25, 0.3) is 0 Å². The first-order chi connectivity index (χ1) is 23.8. The van der Waals surface area contributed by atoms with Gasteiger partial charge in [0.1, 0.15) is 0 Å². The quantitative estimate of drug-likeness (QED) is 0.214. The molecule has 0 radical (unpaired) electrons. The number of aromatic nitrogens is 3. The SMILES string of the molecule is [2H]c1c([2H])c([2H])c(-c2nc(-n3c4ccccc4c4ccc5c6c(sc5c43)-c3ccccc3C6(C)C)nc3c([2H])c([2H])c([2H])c([2H])c23)c([2H])c1[2H]. The van der Waals surface area contributed by atoms with Crippen molar-refractivity contribution in [2.75, 3.05) is 0 Å². The van der Waals surface area contributed by atoms with Crippen LogP contribution in [-0.4, -0.2) is 14.5 Å². The molecule has 0 amide bonds. The Kier molecular flexibility index (Phi) is 3.14. The minimum Gasteiger partial charge on any atom is -0.276 e. The van der Waals surface area contributed by atoms with Gasteiger partial charge in [0.15, 0.2) is 0 Å². The van der Waals surface area contributed by atoms with Crippen molar-refractivity contribution in [3.63, 3.8) is 0 Å². The van der Waals surface area contributed by atoms with Gasteiger partial charge in [0.2, 0.25) is 5.95 Å². The zero-order valence-corrected chi connectivity index (χ0v) is 22.8. The maximum atomic E-state index is 8.88. The van der Waals surface area contributed by atoms with Crippen LogP contribution in [0, 0.1) is 0 Å². The molecule has 0 saturated carbocycles. The Morgan fingerprint density at radius 1 is 0.732 bits per heavy atom. The largest absolute Gasteiger partial charge is 0.276 e. The molecule has 0 bridgehead atoms. The summed E-state index contributed by atoms with van der Waals surface area (Å²) in [6.07, 6.45) is 0. The normalized spacial score (nSPS) is 16.9. The van der Waals surface area contributed by atoms with E-state index in [0.29, 0.717) is 0 Å². The Balaban J connectivity index is 1.48. The van der Waals surface area contributed by atoms with E-state index >= 15 is 0 Å². The Morgan fingerprint density at radius 3 is 2.39 bits per heavy atom. The van der Waals surface area contributed by atoms with Gasteiger partial charge in [-0.05, 0) is 34.2 Å². The van der Waals surface area contributed by atoms with Crippen molar-refractivity contribution in [1.29, 1.82) is 0 Å². The molecule has 8 aromatic rings. The Labute approximate surface area is 254 Å². The maximum Gasteiger partial charge on any atom is 0.235 e. The number of fused-ring (bicyclic) bond motifs is 10. The molecule has 194 valence electrons. The van der Waals surface area contributed by atoms with E-state index < -0.39 is 54.4 Å². The Morgan fingerprint density at radius 2 is 1.49 bits per heavy atom. The fraction of sp³-hybridized carbons (Fsp3) is 0.0811. The summed E-state index contributed by atoms with van der Waals surface area (Å²) >= 11 is 1.68. The number of hydrogen-bond donors (Lipinski definition) is 0. The third kappa shape index (κ3) is 3.03. The van der Waals surface area contributed by atoms with Crippen molar-refractivity contribution in [3.05, 3.63) is 126 Å². The molecule has 3 aromatic heterocycles. The standard InChI is InChI=1S/C37H25N3S/c1-37(2)28-17-9-6-15-25(28)34-31(37)27-21-20-24-23-14-8-11-19-30(23)40(33(24)35(27)41-34)36-38-29-18-10-7-16-26(29)32(39-36)22-12-4-3-5-13-22/h3-21H,1-2H3/i3D,4D,5D,7D,10D,12D,13D,16D,18D. The van der Waals surface area contributed by atoms with Gasteiger partial charge in [0, 0.05) is 32.0 Å². The predicted molar refractivity (Wildman–Crippen MR) is 172 cm³/mol. The zero-order chi connectivity index (χ0) is 35.1. The van der Waals surface area contributed by atoms with E-state index in [4.69, 9.17) is 22.3 Å². The molecule has 3 nitrogen and oxygen atoms in total. The molecular weight excluding hydrogens is 518 g/mol. The molecule has 9 rings (SSSR count). The van der Waals surface area contributed by atoms with Crippen molar-refractivity contribution >= 4 is 54.1 Å². The first-order valence-electron chi connectivity index (χ1n) is 17.8. The summed E-state index contributed by atoms with van der Waals surface area (Å²) in [6, 6.07) is 15.7. The lowest BCUT2D eigenvalue weighted by molar-refractivity contribution is 0.667. The first kappa shape index (κ1) is 15.8. The van der Waals surface area contributed by atoms with Gasteiger partial charge in [-0.1, -0.05) is 117 Å². The van der Waals surface area contributed by atoms with E-state index in [2.05, 4.69) is 44.2 Å². The molecule has 0 spiro atoms. The molecule has 1 aliphatic carbocycles. The van der Waals surface area contributed by atoms with E-state index in [1.807, 2.05) is 34.9 Å². The average molecular weight is 553 g/mol. The van der Waals surface area contributed by atoms with Gasteiger partial charge < -0.3 is 0 Å². The van der Waals surface area contributed by atoms with Gasteiger partial charge in [0.05, 0.1) is 39.3 Å². The van der Waals surface area contributed by atoms with Crippen LogP contribution in [0.15, 0.2) is 115 Å². The van der Waals surface area contributed by atoms with Gasteiger partial charge >= 0.3 is 0 Å². The molecule has 3 heterocycles. The smallest absolute Gasteiger partial charge is 0.235 e. The number of thiophene rings is 1. The second-order valence-electron chi connectivity index (χ2n) is 10.8. The number of para-hydroxylation sites is 2. The lowest BCUT2D eigenvalue weighted by Crippen LogP contribution is -2.14. The van der Waals surface area contributed by atoms with Gasteiger partial charge in [-0.3, -0.25) is 4.57 Å². The predicted octanol–water partition coefficient (Wildman–Crippen LogP) is 9.91. The highest BCUT2D eigenvalue weighted by Gasteiger charge is 2.39. The van der Waals surface area contributed by atoms with E-state index in [1.54, 1.807) is 11.3 Å². The maximum absolute atomic E-state index is 8.88. The summed E-state index contributed by atoms with van der Waals surface area (Å²) in [5.74, 6) is 0.0521. The highest BCUT2D eigenvalue weighted by molar-refractivity contribution is 7.23. The number of hydrogen-bond acceptors (Lipinski definition) is 3. The van der Waals surface area contributed by atoms with Crippen LogP contribution >= 0.6 is 11.3 Å². The Bertz CT molecular complexity index is 2830. The van der Waals surface area contributed by atoms with Crippen LogP contribution in [0.2, 0.25) is 0 Å². The lowest BCUT2D eigenvalue weighted by Gasteiger charge is -2.21. The molecule has 41 heavy (non-hydrogen) atoms. The van der Waals surface area contributed by atoms with Crippen LogP contribution < -0.4 is 0 Å². The molecule has 0 atom stereocenters. The van der Waals surface area contributed by atoms with Crippen LogP contribution in [0.4, 0.5) is 0 Å². The molecule has 5 aromatic carbocycles. The van der Waals surface area contributed by atoms with Crippen molar-refractivity contribution < 1.29 is 12.3 Å². The summed E-state index contributed by atoms with van der Waals surface area (Å²) in [5.41, 5.74) is 4.41. The fourth-order valence-electron chi connectivity index (χ4n) is 6.47. The molecular formula is C37H25N3S. The lowest BCUT2D eigenvalue weighted by atomic mass is 9.81. The molecule has 0 fully saturated rings. The van der Waals surface area contributed by atoms with Crippen LogP contribution in [0.3, 0.4) is 0 Å². The summed E-state index contributed by atoms with van der Waals surface area (Å²) in [5, 5.41) is 2.80. The van der Waals surface area contributed by atoms with Gasteiger partial charge in [-0.2, -0.15) is 0 Å². The van der Waals surface area contributed by atoms with Crippen LogP contribution in [0.5, 0.6) is 0 Å². The summed E-state index contributed by atoms with van der Waals surface area (Å²) in [6.45, 7) is 4.46. The molecule has 0 unspecified atom stereocenters. The first-order valence-corrected chi connectivity index (χ1v) is 14.1. The van der Waals surface area contributed by atoms with E-state index in [0.717, 1.165) is 31.9 Å². The molecule has 0 saturated heterocycles. The molecule has 4 heteroatoms. The van der Waals surface area contributed by atoms with Crippen molar-refractivity contribution in [1.82, 2.24) is 14.5 Å². The third-order valence-corrected chi connectivity index (χ3v) is 9.47. The average Bonchev–Trinajstić information content (AvgIpc) is 3.74. The van der Waals surface area contributed by atoms with Crippen LogP contribution in [0.1, 0.15) is 37.3 Å². The number of benzene rings is 5. The van der Waals surface area contributed by atoms with Gasteiger partial charge in [-0.15, -0.1) is 11.3 Å². The van der Waals surface area contributed by atoms with Crippen molar-refractivity contribution in [2.24, 2.45) is 0 Å². The van der Waals surface area contributed by atoms with Crippen molar-refractivity contribution in [3.8, 4) is 27.6 Å². The van der Waals surface area contributed by atoms with Crippen molar-refractivity contribution in [2.45, 2.75) is 19.3 Å². The number of rotatable bonds is 2. The second-order valence-corrected chi connectivity index (χ2v) is 11.8. The van der Waals surface area contributed by atoms with E-state index in [1.165, 1.54) is 21.6 Å². The van der Waals surface area contributed by atoms with Crippen LogP contribution in [-0.2, 0) is 5.41 Å². The van der Waals surface area contributed by atoms with Gasteiger partial charge in [-0.25, -0.2) is 9.97 Å². The molecule has 1 aliphatic rings. The minimum absolute atomic E-state index is 0.0521. The number of nitrogens with zero attached hydrogens (tertiary/aromatic N) is 3. The molecule has 0 N–H and O–H groups in total. The van der Waals surface area contributed by atoms with E-state index in [9.17, 15) is 0 Å². The monoisotopic (exact) mass is 552 g/mol. The zero-order valence-electron chi connectivity index (χ0n) is 31.0.